The van der Waals surface area contributed by atoms with Crippen LogP contribution in [0, 0.1) is 5.41 Å². The number of amidine groups is 1. The highest BCUT2D eigenvalue weighted by Crippen LogP contribution is 2.42. The van der Waals surface area contributed by atoms with E-state index in [0.29, 0.717) is 11.1 Å². The summed E-state index contributed by atoms with van der Waals surface area (Å²) < 4.78 is 8.95. The summed E-state index contributed by atoms with van der Waals surface area (Å²) in [5.41, 5.74) is 10.7. The molecule has 0 aliphatic heterocycles. The van der Waals surface area contributed by atoms with Gasteiger partial charge in [0, 0.05) is 60.8 Å². The maximum Gasteiger partial charge on any atom is 0.155 e. The summed E-state index contributed by atoms with van der Waals surface area (Å²) >= 11 is 0. The van der Waals surface area contributed by atoms with Crippen molar-refractivity contribution in [3.8, 4) is 16.8 Å². The number of benzene rings is 10. The molecule has 2 N–H and O–H groups in total. The van der Waals surface area contributed by atoms with Crippen LogP contribution in [0.15, 0.2) is 197 Å². The van der Waals surface area contributed by atoms with Crippen LogP contribution in [0.4, 0.5) is 0 Å². The second-order valence-corrected chi connectivity index (χ2v) is 16.0. The van der Waals surface area contributed by atoms with Gasteiger partial charge in [-0.2, -0.15) is 0 Å². The Morgan fingerprint density at radius 3 is 2.05 bits per heavy atom. The zero-order chi connectivity index (χ0) is 40.2. The number of hydrogen-bond donors (Lipinski definition) is 2. The number of H-pyrrole nitrogens is 1. The number of para-hydroxylation sites is 2. The zero-order valence-electron chi connectivity index (χ0n) is 32.8. The van der Waals surface area contributed by atoms with Crippen molar-refractivity contribution in [3.63, 3.8) is 0 Å². The normalized spacial score (nSPS) is 12.3. The fourth-order valence-corrected chi connectivity index (χ4v) is 9.71. The molecule has 0 saturated heterocycles. The van der Waals surface area contributed by atoms with Crippen molar-refractivity contribution in [3.05, 3.63) is 199 Å². The molecule has 13 rings (SSSR count). The molecule has 0 atom stereocenters. The lowest BCUT2D eigenvalue weighted by Gasteiger charge is -2.13. The van der Waals surface area contributed by atoms with Crippen LogP contribution >= 0.6 is 0 Å². The van der Waals surface area contributed by atoms with Gasteiger partial charge >= 0.3 is 0 Å². The Kier molecular flexibility index (Phi) is 7.10. The van der Waals surface area contributed by atoms with Gasteiger partial charge in [0.15, 0.2) is 5.84 Å². The summed E-state index contributed by atoms with van der Waals surface area (Å²) in [6.45, 7) is 0. The van der Waals surface area contributed by atoms with Crippen molar-refractivity contribution in [1.29, 1.82) is 5.41 Å². The van der Waals surface area contributed by atoms with E-state index >= 15 is 0 Å². The third-order valence-corrected chi connectivity index (χ3v) is 12.6. The monoisotopic (exact) mass is 778 g/mol. The summed E-state index contributed by atoms with van der Waals surface area (Å²) in [4.78, 5) is 8.49. The molecule has 0 bridgehead atoms. The third-order valence-electron chi connectivity index (χ3n) is 12.6. The molecular formula is C56H34N4O. The van der Waals surface area contributed by atoms with Crippen molar-refractivity contribution < 1.29 is 4.42 Å². The minimum atomic E-state index is 0.130. The minimum Gasteiger partial charge on any atom is -0.455 e. The molecule has 284 valence electrons. The maximum absolute atomic E-state index is 9.55. The van der Waals surface area contributed by atoms with E-state index in [0.717, 1.165) is 66.0 Å². The highest BCUT2D eigenvalue weighted by Gasteiger charge is 2.21. The van der Waals surface area contributed by atoms with E-state index in [1.54, 1.807) is 6.21 Å². The Labute approximate surface area is 348 Å². The number of rotatable bonds is 4. The summed E-state index contributed by atoms with van der Waals surface area (Å²) in [5.74, 6) is 0.130. The second-order valence-electron chi connectivity index (χ2n) is 16.0. The van der Waals surface area contributed by atoms with Crippen LogP contribution in [0.25, 0.3) is 115 Å². The average molecular weight is 779 g/mol. The fraction of sp³-hybridized carbons (Fsp3) is 0. The topological polar surface area (TPSA) is 70.1 Å². The first-order valence-corrected chi connectivity index (χ1v) is 20.6. The number of fused-ring (bicyclic) bond motifs is 12. The average Bonchev–Trinajstić information content (AvgIpc) is 3.97. The molecule has 3 heterocycles. The van der Waals surface area contributed by atoms with E-state index in [1.165, 1.54) is 48.7 Å². The number of nitrogens with zero attached hydrogens (tertiary/aromatic N) is 2. The van der Waals surface area contributed by atoms with E-state index in [1.807, 2.05) is 42.5 Å². The van der Waals surface area contributed by atoms with Gasteiger partial charge in [-0.15, -0.1) is 0 Å². The minimum absolute atomic E-state index is 0.130. The molecule has 10 aromatic carbocycles. The molecule has 0 amide bonds. The molecule has 61 heavy (non-hydrogen) atoms. The zero-order valence-corrected chi connectivity index (χ0v) is 32.8. The van der Waals surface area contributed by atoms with Crippen molar-refractivity contribution in [2.75, 3.05) is 0 Å². The fourth-order valence-electron chi connectivity index (χ4n) is 9.71. The molecule has 13 aromatic rings. The number of aliphatic imine (C=N–C) groups is 1. The smallest absolute Gasteiger partial charge is 0.155 e. The molecule has 0 saturated carbocycles. The van der Waals surface area contributed by atoms with Crippen molar-refractivity contribution in [2.24, 2.45) is 4.99 Å². The number of furan rings is 1. The van der Waals surface area contributed by atoms with Crippen molar-refractivity contribution in [1.82, 2.24) is 9.55 Å². The van der Waals surface area contributed by atoms with E-state index in [-0.39, 0.29) is 5.84 Å². The Bertz CT molecular complexity index is 4020. The second kappa shape index (κ2) is 12.9. The van der Waals surface area contributed by atoms with Crippen molar-refractivity contribution in [2.45, 2.75) is 0 Å². The van der Waals surface area contributed by atoms with E-state index in [2.05, 4.69) is 155 Å². The molecule has 0 radical (unpaired) electrons. The Hall–Kier alpha value is -8.28. The molecule has 0 fully saturated rings. The Morgan fingerprint density at radius 1 is 0.492 bits per heavy atom. The van der Waals surface area contributed by atoms with Crippen LogP contribution < -0.4 is 0 Å². The molecule has 0 aliphatic rings. The van der Waals surface area contributed by atoms with Crippen LogP contribution in [-0.2, 0) is 0 Å². The largest absolute Gasteiger partial charge is 0.455 e. The van der Waals surface area contributed by atoms with Gasteiger partial charge in [-0.05, 0) is 98.0 Å². The van der Waals surface area contributed by atoms with E-state index in [4.69, 9.17) is 9.41 Å². The first kappa shape index (κ1) is 33.7. The Balaban J connectivity index is 1.07. The van der Waals surface area contributed by atoms with E-state index in [9.17, 15) is 5.41 Å². The highest BCUT2D eigenvalue weighted by molar-refractivity contribution is 6.21. The molecule has 0 aliphatic carbocycles. The maximum atomic E-state index is 9.55. The molecule has 0 spiro atoms. The number of aromatic amines is 1. The lowest BCUT2D eigenvalue weighted by molar-refractivity contribution is 0.668. The number of nitrogens with one attached hydrogen (secondary N) is 2. The molecule has 0 unspecified atom stereocenters. The quantitative estimate of drug-likeness (QED) is 0.136. The van der Waals surface area contributed by atoms with Gasteiger partial charge in [0.05, 0.1) is 16.6 Å². The lowest BCUT2D eigenvalue weighted by Crippen LogP contribution is -2.01. The van der Waals surface area contributed by atoms with Crippen molar-refractivity contribution >= 4 is 110 Å². The number of aromatic nitrogens is 2. The highest BCUT2D eigenvalue weighted by atomic mass is 16.3. The van der Waals surface area contributed by atoms with Crippen LogP contribution in [-0.4, -0.2) is 21.6 Å². The first-order chi connectivity index (χ1) is 30.1. The molecule has 3 aromatic heterocycles. The summed E-state index contributed by atoms with van der Waals surface area (Å²) in [6, 6.07) is 66.7. The number of hydrogen-bond acceptors (Lipinski definition) is 2. The van der Waals surface area contributed by atoms with Gasteiger partial charge in [-0.25, -0.2) is 4.99 Å². The van der Waals surface area contributed by atoms with Gasteiger partial charge in [-0.1, -0.05) is 133 Å². The van der Waals surface area contributed by atoms with Gasteiger partial charge in [0.25, 0.3) is 0 Å². The molecular weight excluding hydrogens is 745 g/mol. The SMILES string of the molecule is N=C(N=Cc1cccc2ccccc12)c1cc(-n2c3cc4ccccc4cc3c3cc4cccc(-c5ccc6c(c5)[nH]c5ccccc56)c4cc32)cc2c1oc1ccccc12. The molecule has 5 nitrogen and oxygen atoms in total. The van der Waals surface area contributed by atoms with Gasteiger partial charge in [0.2, 0.25) is 0 Å². The van der Waals surface area contributed by atoms with Crippen LogP contribution in [0.2, 0.25) is 0 Å². The van der Waals surface area contributed by atoms with Crippen LogP contribution in [0.3, 0.4) is 0 Å². The Morgan fingerprint density at radius 2 is 1.16 bits per heavy atom. The molecule has 5 heteroatoms. The van der Waals surface area contributed by atoms with Gasteiger partial charge in [-0.3, -0.25) is 5.41 Å². The van der Waals surface area contributed by atoms with Gasteiger partial charge in [0.1, 0.15) is 11.2 Å². The summed E-state index contributed by atoms with van der Waals surface area (Å²) in [5, 5.41) is 23.2. The van der Waals surface area contributed by atoms with E-state index < -0.39 is 0 Å². The summed E-state index contributed by atoms with van der Waals surface area (Å²) in [7, 11) is 0. The first-order valence-electron chi connectivity index (χ1n) is 20.6. The van der Waals surface area contributed by atoms with Gasteiger partial charge < -0.3 is 14.0 Å². The van der Waals surface area contributed by atoms with Crippen LogP contribution in [0.1, 0.15) is 11.1 Å². The van der Waals surface area contributed by atoms with Crippen LogP contribution in [0.5, 0.6) is 0 Å². The predicted molar refractivity (Wildman–Crippen MR) is 256 cm³/mol. The lowest BCUT2D eigenvalue weighted by atomic mass is 9.96. The summed E-state index contributed by atoms with van der Waals surface area (Å²) in [6.07, 6.45) is 1.80. The third kappa shape index (κ3) is 5.14. The predicted octanol–water partition coefficient (Wildman–Crippen LogP) is 14.9. The standard InChI is InChI=1S/C56H34N4O/c57-56(58-32-38-16-9-14-33-11-3-4-17-40(33)38)49-30-39(29-48-44-19-6-8-22-54(44)61-55(48)49)60-52-28-35-13-2-1-12-34(35)25-46(52)47-26-36-15-10-20-41(45(36)31-53(47)60)37-23-24-43-42-18-5-7-21-50(42)59-51(43)27-37/h1-32,57,59H.